The van der Waals surface area contributed by atoms with Gasteiger partial charge in [0.15, 0.2) is 5.82 Å². The van der Waals surface area contributed by atoms with E-state index in [4.69, 9.17) is 0 Å². The topological polar surface area (TPSA) is 76.9 Å². The van der Waals surface area contributed by atoms with E-state index < -0.39 is 10.0 Å². The van der Waals surface area contributed by atoms with E-state index in [0.29, 0.717) is 23.5 Å². The van der Waals surface area contributed by atoms with Crippen molar-refractivity contribution in [1.29, 1.82) is 0 Å². The van der Waals surface area contributed by atoms with Gasteiger partial charge in [0.1, 0.15) is 6.33 Å². The molecule has 0 aliphatic rings. The number of nitrogens with zero attached hydrogens (tertiary/aromatic N) is 3. The van der Waals surface area contributed by atoms with Crippen LogP contribution < -0.4 is 4.72 Å². The molecule has 0 bridgehead atoms. The zero-order chi connectivity index (χ0) is 13.9. The minimum absolute atomic E-state index is 0.0974. The molecule has 7 heteroatoms. The van der Waals surface area contributed by atoms with Crippen LogP contribution >= 0.6 is 0 Å². The molecule has 19 heavy (non-hydrogen) atoms. The first-order valence-electron chi connectivity index (χ1n) is 5.97. The average Bonchev–Trinajstić information content (AvgIpc) is 2.75. The number of hydrogen-bond acceptors (Lipinski definition) is 4. The number of aromatic nitrogens is 3. The standard InChI is InChI=1S/C12H16N4O2S/c1-3-8-19(17,18)15-11-7-5-4-6-10(11)12-14-13-9-16(12)2/h4-7,9,15H,3,8H2,1-2H3. The van der Waals surface area contributed by atoms with Crippen molar-refractivity contribution < 1.29 is 8.42 Å². The molecular formula is C12H16N4O2S. The highest BCUT2D eigenvalue weighted by Crippen LogP contribution is 2.26. The van der Waals surface area contributed by atoms with E-state index in [-0.39, 0.29) is 5.75 Å². The molecule has 102 valence electrons. The molecule has 2 aromatic rings. The zero-order valence-electron chi connectivity index (χ0n) is 10.9. The van der Waals surface area contributed by atoms with E-state index in [1.165, 1.54) is 0 Å². The van der Waals surface area contributed by atoms with Gasteiger partial charge in [-0.15, -0.1) is 10.2 Å². The molecule has 2 rings (SSSR count). The smallest absolute Gasteiger partial charge is 0.232 e. The van der Waals surface area contributed by atoms with Crippen LogP contribution in [0.1, 0.15) is 13.3 Å². The first-order valence-corrected chi connectivity index (χ1v) is 7.62. The van der Waals surface area contributed by atoms with Crippen LogP contribution in [-0.2, 0) is 17.1 Å². The third kappa shape index (κ3) is 3.11. The summed E-state index contributed by atoms with van der Waals surface area (Å²) in [6, 6.07) is 7.15. The lowest BCUT2D eigenvalue weighted by Gasteiger charge is -2.11. The minimum Gasteiger partial charge on any atom is -0.317 e. The van der Waals surface area contributed by atoms with Crippen molar-refractivity contribution in [3.63, 3.8) is 0 Å². The summed E-state index contributed by atoms with van der Waals surface area (Å²) in [4.78, 5) is 0. The number of anilines is 1. The number of nitrogens with one attached hydrogen (secondary N) is 1. The van der Waals surface area contributed by atoms with E-state index in [1.807, 2.05) is 26.1 Å². The Bertz CT molecular complexity index is 664. The number of aryl methyl sites for hydroxylation is 1. The van der Waals surface area contributed by atoms with E-state index in [1.54, 1.807) is 23.0 Å². The van der Waals surface area contributed by atoms with Crippen molar-refractivity contribution in [2.75, 3.05) is 10.5 Å². The molecule has 1 heterocycles. The fourth-order valence-electron chi connectivity index (χ4n) is 1.78. The maximum absolute atomic E-state index is 11.9. The summed E-state index contributed by atoms with van der Waals surface area (Å²) in [5, 5.41) is 7.81. The first kappa shape index (κ1) is 13.5. The average molecular weight is 280 g/mol. The second-order valence-electron chi connectivity index (χ2n) is 4.23. The molecule has 0 aliphatic carbocycles. The van der Waals surface area contributed by atoms with Crippen molar-refractivity contribution >= 4 is 15.7 Å². The van der Waals surface area contributed by atoms with E-state index in [0.717, 1.165) is 0 Å². The summed E-state index contributed by atoms with van der Waals surface area (Å²) in [5.74, 6) is 0.718. The van der Waals surface area contributed by atoms with Crippen LogP contribution in [0.4, 0.5) is 5.69 Å². The minimum atomic E-state index is -3.32. The largest absolute Gasteiger partial charge is 0.317 e. The Morgan fingerprint density at radius 1 is 1.32 bits per heavy atom. The molecule has 0 fully saturated rings. The van der Waals surface area contributed by atoms with Crippen LogP contribution in [-0.4, -0.2) is 28.9 Å². The highest BCUT2D eigenvalue weighted by atomic mass is 32.2. The lowest BCUT2D eigenvalue weighted by Crippen LogP contribution is -2.16. The molecule has 0 saturated carbocycles. The van der Waals surface area contributed by atoms with Crippen molar-refractivity contribution in [3.8, 4) is 11.4 Å². The molecule has 6 nitrogen and oxygen atoms in total. The van der Waals surface area contributed by atoms with Crippen LogP contribution in [0.25, 0.3) is 11.4 Å². The Labute approximate surface area is 112 Å². The van der Waals surface area contributed by atoms with Crippen molar-refractivity contribution in [2.24, 2.45) is 7.05 Å². The fourth-order valence-corrected chi connectivity index (χ4v) is 2.93. The molecule has 1 aromatic carbocycles. The number of para-hydroxylation sites is 1. The van der Waals surface area contributed by atoms with Gasteiger partial charge < -0.3 is 4.57 Å². The van der Waals surface area contributed by atoms with Crippen LogP contribution in [0.5, 0.6) is 0 Å². The molecule has 0 amide bonds. The molecule has 0 unspecified atom stereocenters. The van der Waals surface area contributed by atoms with Gasteiger partial charge in [-0.1, -0.05) is 19.1 Å². The van der Waals surface area contributed by atoms with E-state index in [9.17, 15) is 8.42 Å². The maximum atomic E-state index is 11.9. The van der Waals surface area contributed by atoms with E-state index in [2.05, 4.69) is 14.9 Å². The Hall–Kier alpha value is -1.89. The van der Waals surface area contributed by atoms with Gasteiger partial charge in [0.2, 0.25) is 10.0 Å². The number of benzene rings is 1. The van der Waals surface area contributed by atoms with Crippen LogP contribution in [0, 0.1) is 0 Å². The summed E-state index contributed by atoms with van der Waals surface area (Å²) >= 11 is 0. The summed E-state index contributed by atoms with van der Waals surface area (Å²) in [7, 11) is -1.51. The lowest BCUT2D eigenvalue weighted by molar-refractivity contribution is 0.600. The van der Waals surface area contributed by atoms with Gasteiger partial charge in [-0.2, -0.15) is 0 Å². The van der Waals surface area contributed by atoms with Gasteiger partial charge in [-0.05, 0) is 18.6 Å². The van der Waals surface area contributed by atoms with Gasteiger partial charge >= 0.3 is 0 Å². The van der Waals surface area contributed by atoms with Gasteiger partial charge in [0, 0.05) is 12.6 Å². The van der Waals surface area contributed by atoms with E-state index >= 15 is 0 Å². The Kier molecular flexibility index (Phi) is 3.84. The Morgan fingerprint density at radius 2 is 2.05 bits per heavy atom. The highest BCUT2D eigenvalue weighted by molar-refractivity contribution is 7.92. The molecule has 0 saturated heterocycles. The lowest BCUT2D eigenvalue weighted by atomic mass is 10.2. The number of rotatable bonds is 5. The molecule has 0 atom stereocenters. The molecule has 1 N–H and O–H groups in total. The van der Waals surface area contributed by atoms with Crippen molar-refractivity contribution in [1.82, 2.24) is 14.8 Å². The summed E-state index contributed by atoms with van der Waals surface area (Å²) in [5.41, 5.74) is 1.23. The molecule has 0 radical (unpaired) electrons. The quantitative estimate of drug-likeness (QED) is 0.903. The predicted octanol–water partition coefficient (Wildman–Crippen LogP) is 1.63. The predicted molar refractivity (Wildman–Crippen MR) is 74.1 cm³/mol. The highest BCUT2D eigenvalue weighted by Gasteiger charge is 2.14. The van der Waals surface area contributed by atoms with Gasteiger partial charge in [-0.3, -0.25) is 4.72 Å². The van der Waals surface area contributed by atoms with Crippen molar-refractivity contribution in [3.05, 3.63) is 30.6 Å². The SMILES string of the molecule is CCCS(=O)(=O)Nc1ccccc1-c1nncn1C. The fraction of sp³-hybridized carbons (Fsp3) is 0.333. The monoisotopic (exact) mass is 280 g/mol. The maximum Gasteiger partial charge on any atom is 0.232 e. The number of hydrogen-bond donors (Lipinski definition) is 1. The third-order valence-corrected chi connectivity index (χ3v) is 4.09. The zero-order valence-corrected chi connectivity index (χ0v) is 11.7. The molecule has 0 spiro atoms. The van der Waals surface area contributed by atoms with Crippen LogP contribution in [0.15, 0.2) is 30.6 Å². The summed E-state index contributed by atoms with van der Waals surface area (Å²) in [6.07, 6.45) is 2.15. The molecule has 0 aliphatic heterocycles. The molecular weight excluding hydrogens is 264 g/mol. The van der Waals surface area contributed by atoms with Gasteiger partial charge in [0.25, 0.3) is 0 Å². The second-order valence-corrected chi connectivity index (χ2v) is 6.07. The van der Waals surface area contributed by atoms with Crippen molar-refractivity contribution in [2.45, 2.75) is 13.3 Å². The van der Waals surface area contributed by atoms with Crippen LogP contribution in [0.3, 0.4) is 0 Å². The Balaban J connectivity index is 2.41. The third-order valence-electron chi connectivity index (χ3n) is 2.62. The first-order chi connectivity index (χ1) is 9.03. The van der Waals surface area contributed by atoms with Crippen LogP contribution in [0.2, 0.25) is 0 Å². The second kappa shape index (κ2) is 5.40. The Morgan fingerprint density at radius 3 is 2.68 bits per heavy atom. The van der Waals surface area contributed by atoms with Gasteiger partial charge in [-0.25, -0.2) is 8.42 Å². The summed E-state index contributed by atoms with van der Waals surface area (Å²) < 4.78 is 28.0. The number of sulfonamides is 1. The van der Waals surface area contributed by atoms with Gasteiger partial charge in [0.05, 0.1) is 11.4 Å². The summed E-state index contributed by atoms with van der Waals surface area (Å²) in [6.45, 7) is 1.83. The molecule has 1 aromatic heterocycles. The normalized spacial score (nSPS) is 11.5.